The number of anilines is 1. The zero-order valence-corrected chi connectivity index (χ0v) is 16.9. The zero-order chi connectivity index (χ0) is 20.7. The Labute approximate surface area is 169 Å². The normalized spacial score (nSPS) is 16.7. The molecule has 1 aliphatic heterocycles. The summed E-state index contributed by atoms with van der Waals surface area (Å²) < 4.78 is 1.44. The molecule has 0 aliphatic carbocycles. The van der Waals surface area contributed by atoms with E-state index in [2.05, 4.69) is 22.0 Å². The number of nitrogens with zero attached hydrogens (tertiary/aromatic N) is 3. The fourth-order valence-electron chi connectivity index (χ4n) is 3.93. The maximum absolute atomic E-state index is 12.5. The molecule has 3 N–H and O–H groups in total. The minimum absolute atomic E-state index is 0.0230. The van der Waals surface area contributed by atoms with Gasteiger partial charge in [0.25, 0.3) is 0 Å². The number of H-pyrrole nitrogens is 1. The van der Waals surface area contributed by atoms with E-state index in [1.807, 2.05) is 38.1 Å². The van der Waals surface area contributed by atoms with E-state index in [1.165, 1.54) is 17.1 Å². The second kappa shape index (κ2) is 7.31. The van der Waals surface area contributed by atoms with E-state index in [4.69, 9.17) is 0 Å². The minimum atomic E-state index is -0.388. The molecule has 2 aromatic carbocycles. The van der Waals surface area contributed by atoms with Crippen molar-refractivity contribution in [3.8, 4) is 28.6 Å². The summed E-state index contributed by atoms with van der Waals surface area (Å²) >= 11 is 0. The summed E-state index contributed by atoms with van der Waals surface area (Å²) in [5, 5.41) is 27.1. The molecule has 7 heteroatoms. The van der Waals surface area contributed by atoms with Crippen LogP contribution in [0.2, 0.25) is 0 Å². The molecule has 1 aliphatic rings. The van der Waals surface area contributed by atoms with E-state index in [9.17, 15) is 15.0 Å². The number of phenolic OH excluding ortho intramolecular Hbond substituents is 2. The molecule has 1 unspecified atom stereocenters. The van der Waals surface area contributed by atoms with Gasteiger partial charge in [0.15, 0.2) is 5.82 Å². The molecule has 3 aromatic rings. The lowest BCUT2D eigenvalue weighted by atomic mass is 9.98. The third kappa shape index (κ3) is 3.48. The van der Waals surface area contributed by atoms with E-state index < -0.39 is 0 Å². The van der Waals surface area contributed by atoms with Crippen LogP contribution >= 0.6 is 0 Å². The Kier molecular flexibility index (Phi) is 4.82. The second-order valence-corrected chi connectivity index (χ2v) is 8.13. The van der Waals surface area contributed by atoms with Crippen molar-refractivity contribution in [2.45, 2.75) is 33.1 Å². The Hall–Kier alpha value is -3.22. The highest BCUT2D eigenvalue weighted by atomic mass is 16.3. The van der Waals surface area contributed by atoms with Crippen LogP contribution in [0.1, 0.15) is 38.7 Å². The SMILES string of the molecule is CC1CCN(c2ccc(-n3c(-c4cc(C(C)C)c(O)cc4O)n[nH]c3=O)cc2)C1. The summed E-state index contributed by atoms with van der Waals surface area (Å²) in [6.45, 7) is 8.23. The summed E-state index contributed by atoms with van der Waals surface area (Å²) in [4.78, 5) is 14.8. The van der Waals surface area contributed by atoms with Crippen molar-refractivity contribution in [3.05, 3.63) is 52.4 Å². The van der Waals surface area contributed by atoms with Crippen LogP contribution in [0.5, 0.6) is 11.5 Å². The highest BCUT2D eigenvalue weighted by Gasteiger charge is 2.21. The van der Waals surface area contributed by atoms with Crippen LogP contribution in [0, 0.1) is 5.92 Å². The molecule has 0 amide bonds. The van der Waals surface area contributed by atoms with Gasteiger partial charge in [-0.1, -0.05) is 20.8 Å². The second-order valence-electron chi connectivity index (χ2n) is 8.13. The molecule has 1 fully saturated rings. The lowest BCUT2D eigenvalue weighted by Crippen LogP contribution is -2.19. The van der Waals surface area contributed by atoms with Crippen LogP contribution in [0.3, 0.4) is 0 Å². The zero-order valence-electron chi connectivity index (χ0n) is 16.9. The molecule has 0 spiro atoms. The van der Waals surface area contributed by atoms with Gasteiger partial charge >= 0.3 is 5.69 Å². The van der Waals surface area contributed by atoms with Gasteiger partial charge in [0.2, 0.25) is 0 Å². The molecule has 152 valence electrons. The number of aromatic nitrogens is 3. The van der Waals surface area contributed by atoms with Crippen LogP contribution < -0.4 is 10.6 Å². The van der Waals surface area contributed by atoms with Crippen LogP contribution in [-0.2, 0) is 0 Å². The fraction of sp³-hybridized carbons (Fsp3) is 0.364. The number of phenols is 2. The van der Waals surface area contributed by atoms with Crippen molar-refractivity contribution in [2.24, 2.45) is 5.92 Å². The first kappa shape index (κ1) is 19.1. The number of rotatable bonds is 4. The van der Waals surface area contributed by atoms with Gasteiger partial charge in [-0.2, -0.15) is 5.10 Å². The molecule has 0 bridgehead atoms. The monoisotopic (exact) mass is 394 g/mol. The summed E-state index contributed by atoms with van der Waals surface area (Å²) in [6, 6.07) is 10.8. The summed E-state index contributed by atoms with van der Waals surface area (Å²) in [5.41, 5.74) is 2.47. The Morgan fingerprint density at radius 3 is 2.41 bits per heavy atom. The molecule has 1 atom stereocenters. The predicted molar refractivity (Wildman–Crippen MR) is 113 cm³/mol. The van der Waals surface area contributed by atoms with Crippen molar-refractivity contribution < 1.29 is 10.2 Å². The topological polar surface area (TPSA) is 94.4 Å². The van der Waals surface area contributed by atoms with Gasteiger partial charge in [0, 0.05) is 24.8 Å². The first-order valence-electron chi connectivity index (χ1n) is 9.94. The molecule has 29 heavy (non-hydrogen) atoms. The molecule has 1 saturated heterocycles. The number of nitrogens with one attached hydrogen (secondary N) is 1. The fourth-order valence-corrected chi connectivity index (χ4v) is 3.93. The first-order valence-corrected chi connectivity index (χ1v) is 9.94. The highest BCUT2D eigenvalue weighted by molar-refractivity contribution is 5.69. The number of benzene rings is 2. The van der Waals surface area contributed by atoms with Crippen LogP contribution in [-0.4, -0.2) is 38.1 Å². The maximum Gasteiger partial charge on any atom is 0.348 e. The number of hydrogen-bond acceptors (Lipinski definition) is 5. The van der Waals surface area contributed by atoms with Gasteiger partial charge in [-0.25, -0.2) is 14.5 Å². The van der Waals surface area contributed by atoms with E-state index in [0.29, 0.717) is 28.6 Å². The smallest absolute Gasteiger partial charge is 0.348 e. The van der Waals surface area contributed by atoms with E-state index in [-0.39, 0.29) is 23.1 Å². The Balaban J connectivity index is 1.76. The van der Waals surface area contributed by atoms with E-state index in [0.717, 1.165) is 18.8 Å². The van der Waals surface area contributed by atoms with Gasteiger partial charge in [0.05, 0.1) is 11.3 Å². The van der Waals surface area contributed by atoms with Crippen LogP contribution in [0.25, 0.3) is 17.1 Å². The molecule has 2 heterocycles. The van der Waals surface area contributed by atoms with Gasteiger partial charge in [-0.05, 0) is 54.2 Å². The third-order valence-electron chi connectivity index (χ3n) is 5.58. The van der Waals surface area contributed by atoms with Crippen molar-refractivity contribution in [3.63, 3.8) is 0 Å². The molecular weight excluding hydrogens is 368 g/mol. The van der Waals surface area contributed by atoms with Crippen molar-refractivity contribution in [1.29, 1.82) is 0 Å². The number of aromatic hydroxyl groups is 2. The van der Waals surface area contributed by atoms with E-state index >= 15 is 0 Å². The van der Waals surface area contributed by atoms with E-state index in [1.54, 1.807) is 6.07 Å². The lowest BCUT2D eigenvalue weighted by Gasteiger charge is -2.18. The third-order valence-corrected chi connectivity index (χ3v) is 5.58. The van der Waals surface area contributed by atoms with Crippen molar-refractivity contribution >= 4 is 5.69 Å². The van der Waals surface area contributed by atoms with Gasteiger partial charge in [-0.3, -0.25) is 0 Å². The van der Waals surface area contributed by atoms with Gasteiger partial charge < -0.3 is 15.1 Å². The van der Waals surface area contributed by atoms with Gasteiger partial charge in [-0.15, -0.1) is 0 Å². The summed E-state index contributed by atoms with van der Waals surface area (Å²) in [7, 11) is 0. The molecule has 7 nitrogen and oxygen atoms in total. The van der Waals surface area contributed by atoms with Crippen LogP contribution in [0.15, 0.2) is 41.2 Å². The average molecular weight is 394 g/mol. The number of aromatic amines is 1. The Morgan fingerprint density at radius 2 is 1.79 bits per heavy atom. The lowest BCUT2D eigenvalue weighted by molar-refractivity contribution is 0.444. The largest absolute Gasteiger partial charge is 0.508 e. The Bertz CT molecular complexity index is 1080. The van der Waals surface area contributed by atoms with Crippen molar-refractivity contribution in [1.82, 2.24) is 14.8 Å². The maximum atomic E-state index is 12.5. The summed E-state index contributed by atoms with van der Waals surface area (Å²) in [6.07, 6.45) is 1.19. The number of hydrogen-bond donors (Lipinski definition) is 3. The van der Waals surface area contributed by atoms with Crippen LogP contribution in [0.4, 0.5) is 5.69 Å². The molecule has 4 rings (SSSR count). The minimum Gasteiger partial charge on any atom is -0.508 e. The Morgan fingerprint density at radius 1 is 1.10 bits per heavy atom. The average Bonchev–Trinajstić information content (AvgIpc) is 3.27. The van der Waals surface area contributed by atoms with Crippen molar-refractivity contribution in [2.75, 3.05) is 18.0 Å². The standard InChI is InChI=1S/C22H26N4O3/c1-13(2)17-10-18(20(28)11-19(17)27)21-23-24-22(29)26(21)16-6-4-15(5-7-16)25-9-8-14(3)12-25/h4-7,10-11,13-14,27-28H,8-9,12H2,1-3H3,(H,24,29). The quantitative estimate of drug-likeness (QED) is 0.628. The molecule has 1 aromatic heterocycles. The predicted octanol–water partition coefficient (Wildman–Crippen LogP) is 3.61. The first-order chi connectivity index (χ1) is 13.8. The molecule has 0 radical (unpaired) electrons. The van der Waals surface area contributed by atoms with Gasteiger partial charge in [0.1, 0.15) is 11.5 Å². The summed E-state index contributed by atoms with van der Waals surface area (Å²) in [5.74, 6) is 0.933. The molecule has 0 saturated carbocycles. The highest BCUT2D eigenvalue weighted by Crippen LogP contribution is 2.37. The molecular formula is C22H26N4O3.